The fourth-order valence-electron chi connectivity index (χ4n) is 2.49. The first kappa shape index (κ1) is 17.6. The van der Waals surface area contributed by atoms with Gasteiger partial charge in [0.2, 0.25) is 5.78 Å². The Morgan fingerprint density at radius 3 is 2.29 bits per heavy atom. The largest absolute Gasteiger partial charge is 0.298 e. The van der Waals surface area contributed by atoms with Gasteiger partial charge in [0.05, 0.1) is 5.69 Å². The molecule has 0 unspecified atom stereocenters. The van der Waals surface area contributed by atoms with Gasteiger partial charge in [0, 0.05) is 30.4 Å². The molecule has 0 radical (unpaired) electrons. The minimum atomic E-state index is -0.333. The molecule has 0 bridgehead atoms. The van der Waals surface area contributed by atoms with Gasteiger partial charge in [-0.15, -0.1) is 0 Å². The maximum atomic E-state index is 13.0. The molecule has 0 aliphatic heterocycles. The number of nitrogens with one attached hydrogen (secondary N) is 1. The lowest BCUT2D eigenvalue weighted by Crippen LogP contribution is -2.11. The average molecular weight is 387 g/mol. The maximum absolute atomic E-state index is 13.0. The van der Waals surface area contributed by atoms with E-state index in [1.165, 1.54) is 12.4 Å². The molecular formula is C20H13N5O2S. The third kappa shape index (κ3) is 3.67. The number of carbonyl (C=O) groups excluding carboxylic acids is 2. The summed E-state index contributed by atoms with van der Waals surface area (Å²) in [6.45, 7) is 0. The summed E-state index contributed by atoms with van der Waals surface area (Å²) in [4.78, 5) is 42.5. The van der Waals surface area contributed by atoms with E-state index in [1.807, 2.05) is 6.07 Å². The highest BCUT2D eigenvalue weighted by Gasteiger charge is 2.23. The van der Waals surface area contributed by atoms with Gasteiger partial charge >= 0.3 is 0 Å². The van der Waals surface area contributed by atoms with Crippen molar-refractivity contribution in [2.75, 3.05) is 5.32 Å². The summed E-state index contributed by atoms with van der Waals surface area (Å²) >= 11 is 1.09. The highest BCUT2D eigenvalue weighted by atomic mass is 32.1. The number of amides is 1. The molecule has 0 aromatic carbocycles. The van der Waals surface area contributed by atoms with Crippen molar-refractivity contribution in [1.82, 2.24) is 19.9 Å². The fourth-order valence-corrected chi connectivity index (χ4v) is 3.41. The second-order valence-corrected chi connectivity index (χ2v) is 6.64. The van der Waals surface area contributed by atoms with Crippen molar-refractivity contribution < 1.29 is 9.59 Å². The Hall–Kier alpha value is -3.78. The van der Waals surface area contributed by atoms with E-state index in [2.05, 4.69) is 25.3 Å². The van der Waals surface area contributed by atoms with Crippen LogP contribution in [0, 0.1) is 0 Å². The molecule has 28 heavy (non-hydrogen) atoms. The Balaban J connectivity index is 1.72. The van der Waals surface area contributed by atoms with E-state index >= 15 is 0 Å². The molecule has 4 heterocycles. The number of aromatic nitrogens is 4. The van der Waals surface area contributed by atoms with Gasteiger partial charge in [0.15, 0.2) is 5.13 Å². The zero-order valence-electron chi connectivity index (χ0n) is 14.4. The highest BCUT2D eigenvalue weighted by molar-refractivity contribution is 7.18. The molecule has 4 rings (SSSR count). The first-order chi connectivity index (χ1) is 13.7. The van der Waals surface area contributed by atoms with Crippen molar-refractivity contribution in [2.24, 2.45) is 0 Å². The lowest BCUT2D eigenvalue weighted by Gasteiger charge is -2.00. The van der Waals surface area contributed by atoms with Gasteiger partial charge in [0.25, 0.3) is 5.91 Å². The Bertz CT molecular complexity index is 1120. The highest BCUT2D eigenvalue weighted by Crippen LogP contribution is 2.32. The zero-order valence-corrected chi connectivity index (χ0v) is 15.3. The molecular weight excluding hydrogens is 374 g/mol. The summed E-state index contributed by atoms with van der Waals surface area (Å²) in [5.74, 6) is -0.608. The minimum Gasteiger partial charge on any atom is -0.298 e. The first-order valence-electron chi connectivity index (χ1n) is 8.32. The molecule has 1 N–H and O–H groups in total. The molecule has 0 saturated carbocycles. The lowest BCUT2D eigenvalue weighted by atomic mass is 10.1. The Labute approximate surface area is 164 Å². The van der Waals surface area contributed by atoms with Crippen LogP contribution in [0.3, 0.4) is 0 Å². The monoisotopic (exact) mass is 387 g/mol. The van der Waals surface area contributed by atoms with Crippen LogP contribution < -0.4 is 5.32 Å². The smallest absolute Gasteiger partial charge is 0.257 e. The van der Waals surface area contributed by atoms with Crippen LogP contribution in [0.4, 0.5) is 5.13 Å². The molecule has 4 aromatic heterocycles. The lowest BCUT2D eigenvalue weighted by molar-refractivity contribution is 0.102. The van der Waals surface area contributed by atoms with Crippen LogP contribution in [-0.2, 0) is 0 Å². The SMILES string of the molecule is O=C(Nc1nc(-c2ccccn2)c(C(=O)c2ccccn2)s1)c1ccncc1. The maximum Gasteiger partial charge on any atom is 0.257 e. The van der Waals surface area contributed by atoms with E-state index < -0.39 is 0 Å². The Kier molecular flexibility index (Phi) is 4.94. The summed E-state index contributed by atoms with van der Waals surface area (Å²) in [6.07, 6.45) is 6.25. The molecule has 0 aliphatic carbocycles. The summed E-state index contributed by atoms with van der Waals surface area (Å²) in [5.41, 5.74) is 1.70. The number of ketones is 1. The van der Waals surface area contributed by atoms with Crippen LogP contribution in [0.15, 0.2) is 73.3 Å². The second kappa shape index (κ2) is 7.85. The van der Waals surface area contributed by atoms with Gasteiger partial charge in [-0.25, -0.2) is 4.98 Å². The van der Waals surface area contributed by atoms with E-state index in [4.69, 9.17) is 0 Å². The third-order valence-corrected chi connectivity index (χ3v) is 4.77. The van der Waals surface area contributed by atoms with Gasteiger partial charge in [-0.05, 0) is 36.4 Å². The third-order valence-electron chi connectivity index (χ3n) is 3.80. The van der Waals surface area contributed by atoms with Crippen LogP contribution in [0.2, 0.25) is 0 Å². The number of carbonyl (C=O) groups is 2. The number of rotatable bonds is 5. The number of thiazole rings is 1. The van der Waals surface area contributed by atoms with Gasteiger partial charge in [0.1, 0.15) is 16.3 Å². The number of hydrogen-bond acceptors (Lipinski definition) is 7. The Morgan fingerprint density at radius 2 is 1.61 bits per heavy atom. The van der Waals surface area contributed by atoms with Crippen LogP contribution in [0.1, 0.15) is 25.7 Å². The molecule has 136 valence electrons. The van der Waals surface area contributed by atoms with Gasteiger partial charge in [-0.2, -0.15) is 0 Å². The van der Waals surface area contributed by atoms with Crippen LogP contribution in [0.5, 0.6) is 0 Å². The van der Waals surface area contributed by atoms with E-state index in [0.29, 0.717) is 32.7 Å². The van der Waals surface area contributed by atoms with Crippen molar-refractivity contribution in [3.63, 3.8) is 0 Å². The van der Waals surface area contributed by atoms with Crippen molar-refractivity contribution in [3.05, 3.63) is 89.5 Å². The molecule has 1 amide bonds. The van der Waals surface area contributed by atoms with Crippen LogP contribution >= 0.6 is 11.3 Å². The Morgan fingerprint density at radius 1 is 0.857 bits per heavy atom. The molecule has 0 aliphatic rings. The topological polar surface area (TPSA) is 97.7 Å². The molecule has 4 aromatic rings. The molecule has 0 saturated heterocycles. The molecule has 0 fully saturated rings. The van der Waals surface area contributed by atoms with Gasteiger partial charge < -0.3 is 0 Å². The molecule has 0 spiro atoms. The van der Waals surface area contributed by atoms with Gasteiger partial charge in [-0.3, -0.25) is 29.9 Å². The summed E-state index contributed by atoms with van der Waals surface area (Å²) < 4.78 is 0. The number of pyridine rings is 3. The first-order valence-corrected chi connectivity index (χ1v) is 9.13. The quantitative estimate of drug-likeness (QED) is 0.527. The fraction of sp³-hybridized carbons (Fsp3) is 0. The molecule has 7 nitrogen and oxygen atoms in total. The van der Waals surface area contributed by atoms with E-state index in [0.717, 1.165) is 11.3 Å². The van der Waals surface area contributed by atoms with Crippen molar-refractivity contribution in [2.45, 2.75) is 0 Å². The van der Waals surface area contributed by atoms with Crippen LogP contribution in [0.25, 0.3) is 11.4 Å². The molecule has 8 heteroatoms. The predicted molar refractivity (Wildman–Crippen MR) is 105 cm³/mol. The normalized spacial score (nSPS) is 10.4. The van der Waals surface area contributed by atoms with Crippen molar-refractivity contribution in [1.29, 1.82) is 0 Å². The predicted octanol–water partition coefficient (Wildman–Crippen LogP) is 3.48. The van der Waals surface area contributed by atoms with E-state index in [9.17, 15) is 9.59 Å². The number of anilines is 1. The second-order valence-electron chi connectivity index (χ2n) is 5.65. The zero-order chi connectivity index (χ0) is 19.3. The van der Waals surface area contributed by atoms with E-state index in [1.54, 1.807) is 54.9 Å². The van der Waals surface area contributed by atoms with E-state index in [-0.39, 0.29) is 11.7 Å². The number of nitrogens with zero attached hydrogens (tertiary/aromatic N) is 4. The molecule has 0 atom stereocenters. The number of hydrogen-bond donors (Lipinski definition) is 1. The summed E-state index contributed by atoms with van der Waals surface area (Å²) in [6, 6.07) is 13.7. The van der Waals surface area contributed by atoms with Crippen molar-refractivity contribution in [3.8, 4) is 11.4 Å². The summed E-state index contributed by atoms with van der Waals surface area (Å²) in [7, 11) is 0. The van der Waals surface area contributed by atoms with Crippen molar-refractivity contribution >= 4 is 28.2 Å². The van der Waals surface area contributed by atoms with Gasteiger partial charge in [-0.1, -0.05) is 23.5 Å². The van der Waals surface area contributed by atoms with Crippen LogP contribution in [-0.4, -0.2) is 31.6 Å². The minimum absolute atomic E-state index is 0.275. The standard InChI is InChI=1S/C20H13N5O2S/c26-17(15-6-2-4-10-23-15)18-16(14-5-1-3-9-22-14)24-20(28-18)25-19(27)13-7-11-21-12-8-13/h1-12H,(H,24,25,27). The average Bonchev–Trinajstić information content (AvgIpc) is 3.19. The summed E-state index contributed by atoms with van der Waals surface area (Å²) in [5, 5.41) is 3.04.